The summed E-state index contributed by atoms with van der Waals surface area (Å²) in [7, 11) is 0. The third-order valence-corrected chi connectivity index (χ3v) is 4.13. The smallest absolute Gasteiger partial charge is 0.209 e. The number of tetrazole rings is 1. The van der Waals surface area contributed by atoms with Gasteiger partial charge < -0.3 is 0 Å². The van der Waals surface area contributed by atoms with Crippen LogP contribution in [0.5, 0.6) is 0 Å². The van der Waals surface area contributed by atoms with E-state index in [0.29, 0.717) is 6.04 Å². The van der Waals surface area contributed by atoms with E-state index >= 15 is 0 Å². The van der Waals surface area contributed by atoms with E-state index in [4.69, 9.17) is 0 Å². The molecule has 0 unspecified atom stereocenters. The van der Waals surface area contributed by atoms with Crippen molar-refractivity contribution < 1.29 is 0 Å². The number of rotatable bonds is 6. The first-order valence-corrected chi connectivity index (χ1v) is 7.31. The summed E-state index contributed by atoms with van der Waals surface area (Å²) in [5.41, 5.74) is 0. The molecule has 2 rings (SSSR count). The Morgan fingerprint density at radius 3 is 2.88 bits per heavy atom. The molecule has 0 amide bonds. The Morgan fingerprint density at radius 1 is 1.31 bits per heavy atom. The Balaban J connectivity index is 1.86. The van der Waals surface area contributed by atoms with Gasteiger partial charge in [0.05, 0.1) is 6.04 Å². The minimum atomic E-state index is 0.559. The van der Waals surface area contributed by atoms with Crippen molar-refractivity contribution in [3.05, 3.63) is 0 Å². The van der Waals surface area contributed by atoms with Crippen molar-refractivity contribution in [2.45, 2.75) is 63.1 Å². The minimum Gasteiger partial charge on any atom is -0.217 e. The molecule has 1 aliphatic carbocycles. The molecule has 16 heavy (non-hydrogen) atoms. The molecular weight excluding hydrogens is 220 g/mol. The second-order valence-corrected chi connectivity index (χ2v) is 5.46. The second kappa shape index (κ2) is 6.23. The zero-order chi connectivity index (χ0) is 11.2. The van der Waals surface area contributed by atoms with Crippen molar-refractivity contribution >= 4 is 11.8 Å². The Hall–Kier alpha value is -0.580. The maximum absolute atomic E-state index is 4.13. The van der Waals surface area contributed by atoms with Crippen LogP contribution in [0.3, 0.4) is 0 Å². The van der Waals surface area contributed by atoms with Crippen LogP contribution in [0.4, 0.5) is 0 Å². The maximum atomic E-state index is 4.13. The predicted octanol–water partition coefficient (Wildman–Crippen LogP) is 3.07. The molecule has 0 saturated heterocycles. The Morgan fingerprint density at radius 2 is 2.12 bits per heavy atom. The summed E-state index contributed by atoms with van der Waals surface area (Å²) in [6, 6.07) is 0.559. The number of hydrogen-bond acceptors (Lipinski definition) is 4. The predicted molar refractivity (Wildman–Crippen MR) is 65.6 cm³/mol. The van der Waals surface area contributed by atoms with Crippen molar-refractivity contribution in [3.63, 3.8) is 0 Å². The third-order valence-electron chi connectivity index (χ3n) is 3.11. The van der Waals surface area contributed by atoms with Gasteiger partial charge in [0.15, 0.2) is 0 Å². The van der Waals surface area contributed by atoms with E-state index in [1.54, 1.807) is 0 Å². The Bertz CT molecular complexity index is 307. The van der Waals surface area contributed by atoms with E-state index < -0.39 is 0 Å². The van der Waals surface area contributed by atoms with Crippen LogP contribution in [0.25, 0.3) is 0 Å². The minimum absolute atomic E-state index is 0.559. The van der Waals surface area contributed by atoms with Crippen LogP contribution in [0.1, 0.15) is 57.9 Å². The van der Waals surface area contributed by atoms with Crippen molar-refractivity contribution in [3.8, 4) is 0 Å². The largest absolute Gasteiger partial charge is 0.217 e. The normalized spacial score (nSPS) is 17.1. The van der Waals surface area contributed by atoms with Crippen LogP contribution < -0.4 is 0 Å². The van der Waals surface area contributed by atoms with E-state index in [1.165, 1.54) is 44.9 Å². The molecular formula is C11H20N4S. The summed E-state index contributed by atoms with van der Waals surface area (Å²) in [6.45, 7) is 2.23. The molecule has 0 spiro atoms. The van der Waals surface area contributed by atoms with E-state index in [2.05, 4.69) is 22.4 Å². The summed E-state index contributed by atoms with van der Waals surface area (Å²) in [5.74, 6) is 1.14. The topological polar surface area (TPSA) is 43.6 Å². The zero-order valence-corrected chi connectivity index (χ0v) is 10.7. The molecule has 1 saturated carbocycles. The summed E-state index contributed by atoms with van der Waals surface area (Å²) in [6.07, 6.45) is 8.97. The van der Waals surface area contributed by atoms with Crippen LogP contribution >= 0.6 is 11.8 Å². The summed E-state index contributed by atoms with van der Waals surface area (Å²) in [5, 5.41) is 13.1. The van der Waals surface area contributed by atoms with E-state index in [1.807, 2.05) is 16.4 Å². The molecule has 5 heteroatoms. The molecule has 0 bridgehead atoms. The Labute approximate surface area is 101 Å². The molecule has 0 N–H and O–H groups in total. The lowest BCUT2D eigenvalue weighted by atomic mass is 10.3. The third kappa shape index (κ3) is 2.97. The molecule has 0 atom stereocenters. The van der Waals surface area contributed by atoms with Crippen LogP contribution in [0, 0.1) is 0 Å². The first-order chi connectivity index (χ1) is 7.92. The van der Waals surface area contributed by atoms with Gasteiger partial charge in [0.25, 0.3) is 0 Å². The molecule has 0 aliphatic heterocycles. The fraction of sp³-hybridized carbons (Fsp3) is 0.909. The lowest BCUT2D eigenvalue weighted by molar-refractivity contribution is 0.423. The van der Waals surface area contributed by atoms with Crippen molar-refractivity contribution in [1.82, 2.24) is 20.2 Å². The molecule has 0 radical (unpaired) electrons. The van der Waals surface area contributed by atoms with Gasteiger partial charge in [-0.3, -0.25) is 0 Å². The first-order valence-electron chi connectivity index (χ1n) is 6.32. The van der Waals surface area contributed by atoms with E-state index in [-0.39, 0.29) is 0 Å². The lowest BCUT2D eigenvalue weighted by Crippen LogP contribution is -2.08. The first kappa shape index (κ1) is 11.9. The molecule has 1 heterocycles. The molecule has 4 nitrogen and oxygen atoms in total. The van der Waals surface area contributed by atoms with Gasteiger partial charge in [0.1, 0.15) is 0 Å². The molecule has 1 fully saturated rings. The quantitative estimate of drug-likeness (QED) is 0.566. The highest BCUT2D eigenvalue weighted by Crippen LogP contribution is 2.31. The van der Waals surface area contributed by atoms with Gasteiger partial charge in [-0.15, -0.1) is 5.10 Å². The molecule has 90 valence electrons. The fourth-order valence-corrected chi connectivity index (χ4v) is 3.12. The average Bonchev–Trinajstić information content (AvgIpc) is 2.94. The summed E-state index contributed by atoms with van der Waals surface area (Å²) < 4.78 is 2.05. The number of thioether (sulfide) groups is 1. The SMILES string of the molecule is CCCCCSc1nnnn1C1CCCC1. The van der Waals surface area contributed by atoms with Crippen molar-refractivity contribution in [1.29, 1.82) is 0 Å². The number of nitrogens with zero attached hydrogens (tertiary/aromatic N) is 4. The standard InChI is InChI=1S/C11H20N4S/c1-2-3-6-9-16-11-12-13-14-15(11)10-7-4-5-8-10/h10H,2-9H2,1H3. The number of hydrogen-bond donors (Lipinski definition) is 0. The van der Waals surface area contributed by atoms with Crippen LogP contribution in [0.2, 0.25) is 0 Å². The van der Waals surface area contributed by atoms with Gasteiger partial charge in [-0.05, 0) is 29.7 Å². The van der Waals surface area contributed by atoms with Crippen LogP contribution in [-0.2, 0) is 0 Å². The summed E-state index contributed by atoms with van der Waals surface area (Å²) in [4.78, 5) is 0. The highest BCUT2D eigenvalue weighted by Gasteiger charge is 2.21. The van der Waals surface area contributed by atoms with Gasteiger partial charge >= 0.3 is 0 Å². The van der Waals surface area contributed by atoms with Crippen LogP contribution in [0.15, 0.2) is 5.16 Å². The van der Waals surface area contributed by atoms with Gasteiger partial charge in [-0.2, -0.15) is 0 Å². The second-order valence-electron chi connectivity index (χ2n) is 4.40. The summed E-state index contributed by atoms with van der Waals surface area (Å²) >= 11 is 1.81. The maximum Gasteiger partial charge on any atom is 0.209 e. The average molecular weight is 240 g/mol. The zero-order valence-electron chi connectivity index (χ0n) is 9.93. The van der Waals surface area contributed by atoms with Crippen LogP contribution in [-0.4, -0.2) is 26.0 Å². The molecule has 0 aromatic carbocycles. The van der Waals surface area contributed by atoms with Gasteiger partial charge in [0.2, 0.25) is 5.16 Å². The van der Waals surface area contributed by atoms with Gasteiger partial charge in [0, 0.05) is 5.75 Å². The monoisotopic (exact) mass is 240 g/mol. The highest BCUT2D eigenvalue weighted by atomic mass is 32.2. The molecule has 1 aromatic rings. The van der Waals surface area contributed by atoms with Gasteiger partial charge in [-0.1, -0.05) is 44.4 Å². The lowest BCUT2D eigenvalue weighted by Gasteiger charge is -2.10. The van der Waals surface area contributed by atoms with E-state index in [0.717, 1.165) is 10.9 Å². The van der Waals surface area contributed by atoms with Gasteiger partial charge in [-0.25, -0.2) is 4.68 Å². The fourth-order valence-electron chi connectivity index (χ4n) is 2.17. The van der Waals surface area contributed by atoms with E-state index in [9.17, 15) is 0 Å². The highest BCUT2D eigenvalue weighted by molar-refractivity contribution is 7.99. The molecule has 1 aliphatic rings. The Kier molecular flexibility index (Phi) is 4.63. The number of aromatic nitrogens is 4. The van der Waals surface area contributed by atoms with Crippen molar-refractivity contribution in [2.75, 3.05) is 5.75 Å². The molecule has 1 aromatic heterocycles. The number of unbranched alkanes of at least 4 members (excludes halogenated alkanes) is 2. The van der Waals surface area contributed by atoms with Crippen molar-refractivity contribution in [2.24, 2.45) is 0 Å².